The van der Waals surface area contributed by atoms with Crippen LogP contribution >= 0.6 is 12.2 Å². The van der Waals surface area contributed by atoms with Crippen LogP contribution in [-0.4, -0.2) is 23.5 Å². The molecule has 0 saturated carbocycles. The van der Waals surface area contributed by atoms with Crippen molar-refractivity contribution in [1.29, 1.82) is 0 Å². The van der Waals surface area contributed by atoms with Crippen LogP contribution < -0.4 is 20.9 Å². The van der Waals surface area contributed by atoms with Crippen molar-refractivity contribution in [3.05, 3.63) is 65.7 Å². The standard InChI is InChI=1S/C21H25N3O3S/c1-15(2)14-27-18-10-6-9-17(13-18)20(26)22-21(28)24-23-19(25)12-11-16-7-4-3-5-8-16/h3-10,13,15H,11-12,14H2,1-2H3,(H,23,25)(H2,22,24,26,28). The SMILES string of the molecule is CC(C)COc1cccc(C(=O)NC(=S)NNC(=O)CCc2ccccc2)c1. The molecule has 0 saturated heterocycles. The zero-order valence-corrected chi connectivity index (χ0v) is 16.8. The molecule has 7 heteroatoms. The average Bonchev–Trinajstić information content (AvgIpc) is 2.70. The third kappa shape index (κ3) is 7.75. The monoisotopic (exact) mass is 399 g/mol. The fourth-order valence-electron chi connectivity index (χ4n) is 2.29. The second-order valence-corrected chi connectivity index (χ2v) is 7.08. The lowest BCUT2D eigenvalue weighted by Gasteiger charge is -2.12. The summed E-state index contributed by atoms with van der Waals surface area (Å²) in [5.41, 5.74) is 6.52. The molecule has 28 heavy (non-hydrogen) atoms. The van der Waals surface area contributed by atoms with Crippen LogP contribution in [0.1, 0.15) is 36.2 Å². The second kappa shape index (κ2) is 11.0. The molecule has 2 aromatic rings. The van der Waals surface area contributed by atoms with Crippen molar-refractivity contribution in [3.8, 4) is 5.75 Å². The highest BCUT2D eigenvalue weighted by Gasteiger charge is 2.10. The van der Waals surface area contributed by atoms with E-state index in [4.69, 9.17) is 17.0 Å². The Morgan fingerprint density at radius 3 is 2.50 bits per heavy atom. The number of hydrazine groups is 1. The maximum Gasteiger partial charge on any atom is 0.257 e. The summed E-state index contributed by atoms with van der Waals surface area (Å²) >= 11 is 5.06. The van der Waals surface area contributed by atoms with Crippen molar-refractivity contribution >= 4 is 29.1 Å². The number of aryl methyl sites for hydroxylation is 1. The Balaban J connectivity index is 1.75. The molecule has 0 heterocycles. The van der Waals surface area contributed by atoms with E-state index in [1.54, 1.807) is 24.3 Å². The molecule has 0 aliphatic carbocycles. The zero-order chi connectivity index (χ0) is 20.4. The summed E-state index contributed by atoms with van der Waals surface area (Å²) in [4.78, 5) is 24.2. The van der Waals surface area contributed by atoms with Crippen LogP contribution in [-0.2, 0) is 11.2 Å². The Kier molecular flexibility index (Phi) is 8.42. The van der Waals surface area contributed by atoms with Gasteiger partial charge in [-0.1, -0.05) is 50.2 Å². The van der Waals surface area contributed by atoms with Crippen molar-refractivity contribution in [1.82, 2.24) is 16.2 Å². The Morgan fingerprint density at radius 2 is 1.79 bits per heavy atom. The highest BCUT2D eigenvalue weighted by Crippen LogP contribution is 2.14. The van der Waals surface area contributed by atoms with Crippen molar-refractivity contribution in [2.45, 2.75) is 26.7 Å². The van der Waals surface area contributed by atoms with Crippen molar-refractivity contribution in [3.63, 3.8) is 0 Å². The van der Waals surface area contributed by atoms with Gasteiger partial charge < -0.3 is 4.74 Å². The minimum atomic E-state index is -0.383. The summed E-state index contributed by atoms with van der Waals surface area (Å²) in [5.74, 6) is 0.407. The Hall–Kier alpha value is -2.93. The number of carbonyl (C=O) groups is 2. The number of amides is 2. The molecule has 0 atom stereocenters. The van der Waals surface area contributed by atoms with E-state index in [9.17, 15) is 9.59 Å². The summed E-state index contributed by atoms with van der Waals surface area (Å²) < 4.78 is 5.62. The summed E-state index contributed by atoms with van der Waals surface area (Å²) in [5, 5.41) is 2.55. The third-order valence-corrected chi connectivity index (χ3v) is 3.91. The number of nitrogens with one attached hydrogen (secondary N) is 3. The predicted molar refractivity (Wildman–Crippen MR) is 113 cm³/mol. The lowest BCUT2D eigenvalue weighted by atomic mass is 10.1. The number of thiocarbonyl (C=S) groups is 1. The first-order chi connectivity index (χ1) is 13.4. The largest absolute Gasteiger partial charge is 0.493 e. The number of ether oxygens (including phenoxy) is 1. The first-order valence-corrected chi connectivity index (χ1v) is 9.52. The highest BCUT2D eigenvalue weighted by atomic mass is 32.1. The van der Waals surface area contributed by atoms with Crippen LogP contribution in [0.3, 0.4) is 0 Å². The maximum absolute atomic E-state index is 12.3. The van der Waals surface area contributed by atoms with Crippen molar-refractivity contribution in [2.75, 3.05) is 6.61 Å². The van der Waals surface area contributed by atoms with E-state index >= 15 is 0 Å². The van der Waals surface area contributed by atoms with Crippen molar-refractivity contribution < 1.29 is 14.3 Å². The van der Waals surface area contributed by atoms with Gasteiger partial charge >= 0.3 is 0 Å². The topological polar surface area (TPSA) is 79.5 Å². The Morgan fingerprint density at radius 1 is 1.04 bits per heavy atom. The lowest BCUT2D eigenvalue weighted by Crippen LogP contribution is -2.48. The molecule has 2 amide bonds. The molecular weight excluding hydrogens is 374 g/mol. The molecule has 0 aromatic heterocycles. The van der Waals surface area contributed by atoms with Gasteiger partial charge in [0.15, 0.2) is 5.11 Å². The molecule has 0 fully saturated rings. The van der Waals surface area contributed by atoms with Gasteiger partial charge in [-0.15, -0.1) is 0 Å². The predicted octanol–water partition coefficient (Wildman–Crippen LogP) is 2.99. The summed E-state index contributed by atoms with van der Waals surface area (Å²) in [7, 11) is 0. The van der Waals surface area contributed by atoms with Gasteiger partial charge in [0.1, 0.15) is 5.75 Å². The van der Waals surface area contributed by atoms with E-state index in [1.807, 2.05) is 30.3 Å². The van der Waals surface area contributed by atoms with Crippen LogP contribution in [0, 0.1) is 5.92 Å². The number of hydrogen-bond donors (Lipinski definition) is 3. The molecule has 2 aromatic carbocycles. The molecule has 2 rings (SSSR count). The smallest absolute Gasteiger partial charge is 0.257 e. The number of benzene rings is 2. The Labute approximate surface area is 170 Å². The summed E-state index contributed by atoms with van der Waals surface area (Å²) in [6.45, 7) is 4.67. The Bertz CT molecular complexity index is 810. The molecule has 148 valence electrons. The van der Waals surface area contributed by atoms with E-state index in [0.717, 1.165) is 5.56 Å². The van der Waals surface area contributed by atoms with Gasteiger partial charge in [-0.05, 0) is 48.3 Å². The van der Waals surface area contributed by atoms with Gasteiger partial charge in [0.25, 0.3) is 5.91 Å². The molecule has 6 nitrogen and oxygen atoms in total. The van der Waals surface area contributed by atoms with Gasteiger partial charge in [0.05, 0.1) is 6.61 Å². The molecule has 0 aliphatic rings. The van der Waals surface area contributed by atoms with Gasteiger partial charge in [-0.2, -0.15) is 0 Å². The van der Waals surface area contributed by atoms with E-state index in [0.29, 0.717) is 36.7 Å². The lowest BCUT2D eigenvalue weighted by molar-refractivity contribution is -0.121. The van der Waals surface area contributed by atoms with Crippen LogP contribution in [0.2, 0.25) is 0 Å². The highest BCUT2D eigenvalue weighted by molar-refractivity contribution is 7.80. The molecule has 0 aliphatic heterocycles. The van der Waals surface area contributed by atoms with E-state index in [-0.39, 0.29) is 16.9 Å². The van der Waals surface area contributed by atoms with Crippen LogP contribution in [0.5, 0.6) is 5.75 Å². The average molecular weight is 400 g/mol. The first kappa shape index (κ1) is 21.4. The third-order valence-electron chi connectivity index (χ3n) is 3.71. The molecule has 0 spiro atoms. The van der Waals surface area contributed by atoms with Gasteiger partial charge in [0.2, 0.25) is 5.91 Å². The van der Waals surface area contributed by atoms with E-state index in [1.165, 1.54) is 0 Å². The van der Waals surface area contributed by atoms with Crippen LogP contribution in [0.25, 0.3) is 0 Å². The number of hydrogen-bond acceptors (Lipinski definition) is 4. The second-order valence-electron chi connectivity index (χ2n) is 6.67. The maximum atomic E-state index is 12.3. The number of carbonyl (C=O) groups excluding carboxylic acids is 2. The zero-order valence-electron chi connectivity index (χ0n) is 16.0. The normalized spacial score (nSPS) is 10.2. The van der Waals surface area contributed by atoms with E-state index in [2.05, 4.69) is 30.0 Å². The minimum absolute atomic E-state index is 0.0200. The van der Waals surface area contributed by atoms with Crippen LogP contribution in [0.4, 0.5) is 0 Å². The van der Waals surface area contributed by atoms with E-state index < -0.39 is 0 Å². The summed E-state index contributed by atoms with van der Waals surface area (Å²) in [6.07, 6.45) is 0.930. The van der Waals surface area contributed by atoms with Gasteiger partial charge in [0, 0.05) is 12.0 Å². The quantitative estimate of drug-likeness (QED) is 0.493. The molecule has 3 N–H and O–H groups in total. The number of rotatable bonds is 7. The first-order valence-electron chi connectivity index (χ1n) is 9.11. The fourth-order valence-corrected chi connectivity index (χ4v) is 2.43. The van der Waals surface area contributed by atoms with Crippen LogP contribution in [0.15, 0.2) is 54.6 Å². The van der Waals surface area contributed by atoms with Gasteiger partial charge in [-0.3, -0.25) is 25.8 Å². The fraction of sp³-hybridized carbons (Fsp3) is 0.286. The molecule has 0 unspecified atom stereocenters. The minimum Gasteiger partial charge on any atom is -0.493 e. The summed E-state index contributed by atoms with van der Waals surface area (Å²) in [6, 6.07) is 16.6. The molecule has 0 radical (unpaired) electrons. The van der Waals surface area contributed by atoms with Crippen molar-refractivity contribution in [2.24, 2.45) is 5.92 Å². The molecular formula is C21H25N3O3S. The molecule has 0 bridgehead atoms. The van der Waals surface area contributed by atoms with Gasteiger partial charge in [-0.25, -0.2) is 0 Å².